The first-order valence-electron chi connectivity index (χ1n) is 9.67. The van der Waals surface area contributed by atoms with Gasteiger partial charge in [0.1, 0.15) is 36.3 Å². The van der Waals surface area contributed by atoms with Gasteiger partial charge in [-0.3, -0.25) is 0 Å². The zero-order valence-corrected chi connectivity index (χ0v) is 17.8. The smallest absolute Gasteiger partial charge is 0.130 e. The van der Waals surface area contributed by atoms with Gasteiger partial charge < -0.3 is 25.2 Å². The lowest BCUT2D eigenvalue weighted by Crippen LogP contribution is -2.55. The van der Waals surface area contributed by atoms with Crippen LogP contribution in [-0.4, -0.2) is 56.4 Å². The van der Waals surface area contributed by atoms with Crippen LogP contribution in [0.1, 0.15) is 22.2 Å². The molecule has 0 unspecified atom stereocenters. The van der Waals surface area contributed by atoms with Gasteiger partial charge >= 0.3 is 0 Å². The molecule has 1 fully saturated rings. The van der Waals surface area contributed by atoms with E-state index < -0.39 is 42.9 Å². The normalized spacial score (nSPS) is 26.2. The first-order valence-corrected chi connectivity index (χ1v) is 10.9. The maximum Gasteiger partial charge on any atom is 0.130 e. The van der Waals surface area contributed by atoms with Gasteiger partial charge in [0, 0.05) is 23.2 Å². The molecule has 0 spiro atoms. The molecule has 0 saturated carbocycles. The van der Waals surface area contributed by atoms with Gasteiger partial charge in [0.05, 0.1) is 16.5 Å². The molecule has 0 aliphatic carbocycles. The van der Waals surface area contributed by atoms with Crippen LogP contribution in [0.5, 0.6) is 0 Å². The van der Waals surface area contributed by atoms with E-state index in [9.17, 15) is 24.8 Å². The lowest BCUT2D eigenvalue weighted by Gasteiger charge is -2.40. The summed E-state index contributed by atoms with van der Waals surface area (Å²) in [7, 11) is 0. The molecule has 5 atom stereocenters. The fourth-order valence-electron chi connectivity index (χ4n) is 3.62. The highest BCUT2D eigenvalue weighted by Crippen LogP contribution is 2.36. The van der Waals surface area contributed by atoms with Crippen LogP contribution >= 0.6 is 22.9 Å². The van der Waals surface area contributed by atoms with Crippen LogP contribution in [0.4, 0.5) is 4.39 Å². The molecule has 0 radical (unpaired) electrons. The molecule has 1 saturated heterocycles. The number of hydrogen-bond donors (Lipinski definition) is 4. The molecule has 1 aliphatic heterocycles. The minimum absolute atomic E-state index is 0.0175. The zero-order valence-electron chi connectivity index (χ0n) is 16.2. The number of benzene rings is 2. The fourth-order valence-corrected chi connectivity index (χ4v) is 4.78. The Balaban J connectivity index is 1.62. The maximum absolute atomic E-state index is 14.7. The summed E-state index contributed by atoms with van der Waals surface area (Å²) in [5, 5.41) is 40.7. The average Bonchev–Trinajstić information content (AvgIpc) is 3.24. The summed E-state index contributed by atoms with van der Waals surface area (Å²) in [5.41, 5.74) is 1.60. The molecule has 164 valence electrons. The van der Waals surface area contributed by atoms with E-state index in [1.54, 1.807) is 6.20 Å². The van der Waals surface area contributed by atoms with E-state index in [2.05, 4.69) is 4.98 Å². The Morgan fingerprint density at radius 1 is 1.06 bits per heavy atom. The predicted octanol–water partition coefficient (Wildman–Crippen LogP) is 2.71. The number of ether oxygens (including phenoxy) is 1. The van der Waals surface area contributed by atoms with Crippen molar-refractivity contribution < 1.29 is 29.6 Å². The molecule has 9 heteroatoms. The fraction of sp³-hybridized carbons (Fsp3) is 0.318. The highest BCUT2D eigenvalue weighted by Gasteiger charge is 2.44. The molecular weight excluding hydrogens is 445 g/mol. The molecule has 3 aromatic rings. The molecule has 1 aromatic heterocycles. The molecular formula is C22H21ClFNO5S. The minimum atomic E-state index is -1.60. The molecule has 1 aliphatic rings. The second-order valence-electron chi connectivity index (χ2n) is 7.38. The Morgan fingerprint density at radius 3 is 2.52 bits per heavy atom. The Labute approximate surface area is 187 Å². The van der Waals surface area contributed by atoms with Crippen molar-refractivity contribution in [1.29, 1.82) is 0 Å². The van der Waals surface area contributed by atoms with Crippen molar-refractivity contribution in [2.24, 2.45) is 0 Å². The van der Waals surface area contributed by atoms with E-state index in [1.165, 1.54) is 17.4 Å². The van der Waals surface area contributed by atoms with Crippen LogP contribution in [0.15, 0.2) is 48.7 Å². The van der Waals surface area contributed by atoms with E-state index in [-0.39, 0.29) is 10.6 Å². The van der Waals surface area contributed by atoms with Crippen molar-refractivity contribution in [2.75, 3.05) is 6.61 Å². The number of aliphatic hydroxyl groups excluding tert-OH is 4. The number of aromatic nitrogens is 1. The van der Waals surface area contributed by atoms with Crippen LogP contribution in [-0.2, 0) is 11.2 Å². The van der Waals surface area contributed by atoms with E-state index in [4.69, 9.17) is 16.3 Å². The third-order valence-corrected chi connectivity index (χ3v) is 6.72. The molecule has 4 rings (SSSR count). The molecule has 4 N–H and O–H groups in total. The number of aliphatic hydroxyl groups is 4. The van der Waals surface area contributed by atoms with Crippen LogP contribution < -0.4 is 0 Å². The molecule has 2 heterocycles. The second-order valence-corrected chi connectivity index (χ2v) is 8.90. The van der Waals surface area contributed by atoms with Crippen LogP contribution in [0, 0.1) is 5.82 Å². The monoisotopic (exact) mass is 465 g/mol. The molecule has 2 aromatic carbocycles. The summed E-state index contributed by atoms with van der Waals surface area (Å²) in [6.45, 7) is -0.592. The number of nitrogens with zero attached hydrogens (tertiary/aromatic N) is 1. The molecule has 0 amide bonds. The average molecular weight is 466 g/mol. The van der Waals surface area contributed by atoms with Gasteiger partial charge in [-0.1, -0.05) is 41.9 Å². The van der Waals surface area contributed by atoms with Gasteiger partial charge in [-0.2, -0.15) is 0 Å². The summed E-state index contributed by atoms with van der Waals surface area (Å²) < 4.78 is 20.2. The third-order valence-electron chi connectivity index (χ3n) is 5.32. The first-order chi connectivity index (χ1) is 14.9. The number of hydrogen-bond acceptors (Lipinski definition) is 7. The molecule has 0 bridgehead atoms. The van der Waals surface area contributed by atoms with Crippen molar-refractivity contribution >= 4 is 22.9 Å². The first kappa shape index (κ1) is 22.3. The van der Waals surface area contributed by atoms with Crippen LogP contribution in [0.2, 0.25) is 5.02 Å². The lowest BCUT2D eigenvalue weighted by molar-refractivity contribution is -0.232. The van der Waals surface area contributed by atoms with E-state index >= 15 is 0 Å². The second kappa shape index (κ2) is 9.30. The summed E-state index contributed by atoms with van der Waals surface area (Å²) in [6, 6.07) is 12.4. The SMILES string of the molecule is OC[C@H]1O[C@@H](c2cc(Cc3ncc(-c4ccccc4)s3)c(Cl)cc2F)[C@H](O)[C@@H](O)[C@@H]1O. The Bertz CT molecular complexity index is 1050. The van der Waals surface area contributed by atoms with E-state index in [1.807, 2.05) is 30.3 Å². The summed E-state index contributed by atoms with van der Waals surface area (Å²) in [6.07, 6.45) is -4.99. The standard InChI is InChI=1S/C22H21ClFNO5S/c23-14-8-15(24)13(22-21(29)20(28)19(27)16(10-26)30-22)6-12(14)7-18-25-9-17(31-18)11-4-2-1-3-5-11/h1-6,8-9,16,19-22,26-29H,7,10H2/t16-,19-,20+,21-,22+/m1/s1. The van der Waals surface area contributed by atoms with Crippen molar-refractivity contribution in [3.8, 4) is 10.4 Å². The van der Waals surface area contributed by atoms with Gasteiger partial charge in [0.25, 0.3) is 0 Å². The Morgan fingerprint density at radius 2 is 1.81 bits per heavy atom. The predicted molar refractivity (Wildman–Crippen MR) is 114 cm³/mol. The van der Waals surface area contributed by atoms with Crippen molar-refractivity contribution in [3.63, 3.8) is 0 Å². The zero-order chi connectivity index (χ0) is 22.1. The Kier molecular flexibility index (Phi) is 6.68. The number of halogens is 2. The Hall–Kier alpha value is -1.91. The minimum Gasteiger partial charge on any atom is -0.394 e. The van der Waals surface area contributed by atoms with Gasteiger partial charge in [-0.15, -0.1) is 11.3 Å². The van der Waals surface area contributed by atoms with Gasteiger partial charge in [-0.05, 0) is 23.3 Å². The van der Waals surface area contributed by atoms with Gasteiger partial charge in [-0.25, -0.2) is 9.37 Å². The highest BCUT2D eigenvalue weighted by atomic mass is 35.5. The third kappa shape index (κ3) is 4.51. The maximum atomic E-state index is 14.7. The van der Waals surface area contributed by atoms with Crippen LogP contribution in [0.3, 0.4) is 0 Å². The number of thiazole rings is 1. The van der Waals surface area contributed by atoms with E-state index in [0.717, 1.165) is 21.5 Å². The van der Waals surface area contributed by atoms with Gasteiger partial charge in [0.2, 0.25) is 0 Å². The summed E-state index contributed by atoms with van der Waals surface area (Å²) >= 11 is 7.75. The van der Waals surface area contributed by atoms with Crippen LogP contribution in [0.25, 0.3) is 10.4 Å². The summed E-state index contributed by atoms with van der Waals surface area (Å²) in [5.74, 6) is -0.720. The largest absolute Gasteiger partial charge is 0.394 e. The highest BCUT2D eigenvalue weighted by molar-refractivity contribution is 7.15. The van der Waals surface area contributed by atoms with Crippen molar-refractivity contribution in [2.45, 2.75) is 36.9 Å². The van der Waals surface area contributed by atoms with Crippen molar-refractivity contribution in [3.05, 3.63) is 75.6 Å². The molecule has 31 heavy (non-hydrogen) atoms. The lowest BCUT2D eigenvalue weighted by atomic mass is 9.90. The van der Waals surface area contributed by atoms with E-state index in [0.29, 0.717) is 12.0 Å². The topological polar surface area (TPSA) is 103 Å². The number of rotatable bonds is 5. The van der Waals surface area contributed by atoms with Crippen molar-refractivity contribution in [1.82, 2.24) is 4.98 Å². The summed E-state index contributed by atoms with van der Waals surface area (Å²) in [4.78, 5) is 5.42. The molecule has 6 nitrogen and oxygen atoms in total. The quantitative estimate of drug-likeness (QED) is 0.462. The van der Waals surface area contributed by atoms with Gasteiger partial charge in [0.15, 0.2) is 0 Å².